The highest BCUT2D eigenvalue weighted by molar-refractivity contribution is 5.38. The van der Waals surface area contributed by atoms with Gasteiger partial charge in [0.25, 0.3) is 0 Å². The van der Waals surface area contributed by atoms with E-state index in [0.29, 0.717) is 25.6 Å². The van der Waals surface area contributed by atoms with Gasteiger partial charge in [0.1, 0.15) is 11.9 Å². The largest absolute Gasteiger partial charge is 0.496 e. The summed E-state index contributed by atoms with van der Waals surface area (Å²) in [7, 11) is 1.59. The monoisotopic (exact) mass is 254 g/mol. The Morgan fingerprint density at radius 1 is 1.22 bits per heavy atom. The van der Waals surface area contributed by atoms with Crippen molar-refractivity contribution in [3.05, 3.63) is 29.3 Å². The average molecular weight is 254 g/mol. The molecule has 0 saturated carbocycles. The first-order valence-corrected chi connectivity index (χ1v) is 6.17. The van der Waals surface area contributed by atoms with Crippen LogP contribution in [0.3, 0.4) is 0 Å². The van der Waals surface area contributed by atoms with Gasteiger partial charge in [-0.25, -0.2) is 0 Å². The molecule has 1 unspecified atom stereocenters. The molecular weight excluding hydrogens is 232 g/mol. The van der Waals surface area contributed by atoms with E-state index in [1.165, 1.54) is 0 Å². The number of hydrogen-bond donors (Lipinski definition) is 1. The normalized spacial score (nSPS) is 12.4. The number of rotatable bonds is 8. The highest BCUT2D eigenvalue weighted by atomic mass is 16.5. The van der Waals surface area contributed by atoms with E-state index in [4.69, 9.17) is 14.2 Å². The molecule has 1 aromatic rings. The van der Waals surface area contributed by atoms with E-state index in [2.05, 4.69) is 0 Å². The van der Waals surface area contributed by atoms with E-state index in [9.17, 15) is 5.11 Å². The molecule has 18 heavy (non-hydrogen) atoms. The molecule has 0 heterocycles. The zero-order valence-electron chi connectivity index (χ0n) is 11.3. The third-order valence-electron chi connectivity index (χ3n) is 2.60. The van der Waals surface area contributed by atoms with Gasteiger partial charge in [-0.3, -0.25) is 0 Å². The molecule has 0 aromatic heterocycles. The molecule has 0 spiro atoms. The van der Waals surface area contributed by atoms with Crippen molar-refractivity contribution >= 4 is 0 Å². The van der Waals surface area contributed by atoms with Crippen LogP contribution in [0.2, 0.25) is 0 Å². The van der Waals surface area contributed by atoms with Crippen LogP contribution in [0.25, 0.3) is 0 Å². The summed E-state index contributed by atoms with van der Waals surface area (Å²) < 4.78 is 15.7. The summed E-state index contributed by atoms with van der Waals surface area (Å²) >= 11 is 0. The van der Waals surface area contributed by atoms with Gasteiger partial charge in [0.05, 0.1) is 26.9 Å². The molecule has 0 saturated heterocycles. The van der Waals surface area contributed by atoms with Gasteiger partial charge in [-0.15, -0.1) is 0 Å². The molecule has 4 nitrogen and oxygen atoms in total. The smallest absolute Gasteiger partial charge is 0.124 e. The Bertz CT molecular complexity index is 352. The SMILES string of the molecule is CCOCCOCC(O)c1cc(C)ccc1OC. The minimum absolute atomic E-state index is 0.243. The van der Waals surface area contributed by atoms with E-state index < -0.39 is 6.10 Å². The highest BCUT2D eigenvalue weighted by Gasteiger charge is 2.13. The van der Waals surface area contributed by atoms with Crippen molar-refractivity contribution < 1.29 is 19.3 Å². The van der Waals surface area contributed by atoms with E-state index in [1.807, 2.05) is 32.0 Å². The van der Waals surface area contributed by atoms with Gasteiger partial charge in [-0.1, -0.05) is 11.6 Å². The van der Waals surface area contributed by atoms with Crippen LogP contribution < -0.4 is 4.74 Å². The minimum Gasteiger partial charge on any atom is -0.496 e. The molecule has 0 fully saturated rings. The topological polar surface area (TPSA) is 47.9 Å². The highest BCUT2D eigenvalue weighted by Crippen LogP contribution is 2.26. The fourth-order valence-corrected chi connectivity index (χ4v) is 1.66. The Morgan fingerprint density at radius 2 is 1.94 bits per heavy atom. The lowest BCUT2D eigenvalue weighted by molar-refractivity contribution is 0.00463. The number of hydrogen-bond acceptors (Lipinski definition) is 4. The summed E-state index contributed by atoms with van der Waals surface area (Å²) in [6.45, 7) is 5.87. The number of aliphatic hydroxyl groups is 1. The van der Waals surface area contributed by atoms with Gasteiger partial charge in [0.2, 0.25) is 0 Å². The van der Waals surface area contributed by atoms with Crippen molar-refractivity contribution in [3.63, 3.8) is 0 Å². The Kier molecular flexibility index (Phi) is 6.72. The molecule has 0 amide bonds. The van der Waals surface area contributed by atoms with Crippen LogP contribution in [0.4, 0.5) is 0 Å². The molecule has 1 N–H and O–H groups in total. The maximum Gasteiger partial charge on any atom is 0.124 e. The fraction of sp³-hybridized carbons (Fsp3) is 0.571. The Labute approximate surface area is 108 Å². The number of ether oxygens (including phenoxy) is 3. The van der Waals surface area contributed by atoms with Crippen LogP contribution >= 0.6 is 0 Å². The lowest BCUT2D eigenvalue weighted by Crippen LogP contribution is -2.12. The Balaban J connectivity index is 2.49. The predicted molar refractivity (Wildman–Crippen MR) is 70.0 cm³/mol. The first kappa shape index (κ1) is 15.0. The van der Waals surface area contributed by atoms with Gasteiger partial charge < -0.3 is 19.3 Å². The van der Waals surface area contributed by atoms with Crippen LogP contribution in [0.15, 0.2) is 18.2 Å². The van der Waals surface area contributed by atoms with Gasteiger partial charge in [-0.05, 0) is 26.0 Å². The summed E-state index contributed by atoms with van der Waals surface area (Å²) in [6.07, 6.45) is -0.679. The minimum atomic E-state index is -0.679. The van der Waals surface area contributed by atoms with E-state index in [1.54, 1.807) is 7.11 Å². The zero-order chi connectivity index (χ0) is 13.4. The maximum absolute atomic E-state index is 10.1. The molecule has 4 heteroatoms. The van der Waals surface area contributed by atoms with Crippen LogP contribution in [0.5, 0.6) is 5.75 Å². The standard InChI is InChI=1S/C14H22O4/c1-4-17-7-8-18-10-13(15)12-9-11(2)5-6-14(12)16-3/h5-6,9,13,15H,4,7-8,10H2,1-3H3. The molecule has 1 atom stereocenters. The molecule has 0 bridgehead atoms. The molecule has 0 aliphatic carbocycles. The number of aliphatic hydroxyl groups excluding tert-OH is 1. The molecule has 1 aromatic carbocycles. The lowest BCUT2D eigenvalue weighted by atomic mass is 10.1. The molecule has 0 aliphatic heterocycles. The summed E-state index contributed by atoms with van der Waals surface area (Å²) in [5, 5.41) is 10.1. The second kappa shape index (κ2) is 8.08. The number of aryl methyl sites for hydroxylation is 1. The summed E-state index contributed by atoms with van der Waals surface area (Å²) in [6, 6.07) is 5.72. The van der Waals surface area contributed by atoms with Crippen LogP contribution in [0, 0.1) is 6.92 Å². The van der Waals surface area contributed by atoms with Crippen LogP contribution in [0.1, 0.15) is 24.2 Å². The fourth-order valence-electron chi connectivity index (χ4n) is 1.66. The number of methoxy groups -OCH3 is 1. The third kappa shape index (κ3) is 4.64. The van der Waals surface area contributed by atoms with Crippen molar-refractivity contribution in [3.8, 4) is 5.75 Å². The van der Waals surface area contributed by atoms with Crippen molar-refractivity contribution in [1.82, 2.24) is 0 Å². The van der Waals surface area contributed by atoms with Gasteiger partial charge in [0, 0.05) is 12.2 Å². The average Bonchev–Trinajstić information content (AvgIpc) is 2.38. The first-order valence-electron chi connectivity index (χ1n) is 6.17. The molecule has 1 rings (SSSR count). The predicted octanol–water partition coefficient (Wildman–Crippen LogP) is 2.09. The van der Waals surface area contributed by atoms with Crippen molar-refractivity contribution in [2.45, 2.75) is 20.0 Å². The summed E-state index contributed by atoms with van der Waals surface area (Å²) in [4.78, 5) is 0. The van der Waals surface area contributed by atoms with E-state index in [-0.39, 0.29) is 6.61 Å². The van der Waals surface area contributed by atoms with Gasteiger partial charge in [0.15, 0.2) is 0 Å². The third-order valence-corrected chi connectivity index (χ3v) is 2.60. The Morgan fingerprint density at radius 3 is 2.61 bits per heavy atom. The number of benzene rings is 1. The zero-order valence-corrected chi connectivity index (χ0v) is 11.3. The quantitative estimate of drug-likeness (QED) is 0.722. The van der Waals surface area contributed by atoms with Crippen LogP contribution in [-0.2, 0) is 9.47 Å². The summed E-state index contributed by atoms with van der Waals surface area (Å²) in [5.41, 5.74) is 1.84. The molecule has 0 radical (unpaired) electrons. The van der Waals surface area contributed by atoms with E-state index >= 15 is 0 Å². The van der Waals surface area contributed by atoms with Crippen molar-refractivity contribution in [2.75, 3.05) is 33.5 Å². The molecule has 102 valence electrons. The molecule has 0 aliphatic rings. The summed E-state index contributed by atoms with van der Waals surface area (Å²) in [5.74, 6) is 0.682. The first-order chi connectivity index (χ1) is 8.69. The Hall–Kier alpha value is -1.10. The van der Waals surface area contributed by atoms with Crippen molar-refractivity contribution in [2.24, 2.45) is 0 Å². The molecular formula is C14H22O4. The van der Waals surface area contributed by atoms with Crippen LogP contribution in [-0.4, -0.2) is 38.6 Å². The maximum atomic E-state index is 10.1. The van der Waals surface area contributed by atoms with E-state index in [0.717, 1.165) is 11.1 Å². The second-order valence-corrected chi connectivity index (χ2v) is 4.03. The van der Waals surface area contributed by atoms with Crippen molar-refractivity contribution in [1.29, 1.82) is 0 Å². The second-order valence-electron chi connectivity index (χ2n) is 4.03. The lowest BCUT2D eigenvalue weighted by Gasteiger charge is -2.15. The van der Waals surface area contributed by atoms with Gasteiger partial charge in [-0.2, -0.15) is 0 Å². The van der Waals surface area contributed by atoms with Gasteiger partial charge >= 0.3 is 0 Å².